The lowest BCUT2D eigenvalue weighted by molar-refractivity contribution is -0.125. The third-order valence-corrected chi connectivity index (χ3v) is 3.44. The molecule has 2 amide bonds. The van der Waals surface area contributed by atoms with Gasteiger partial charge in [-0.2, -0.15) is 0 Å². The van der Waals surface area contributed by atoms with Crippen LogP contribution in [0.3, 0.4) is 0 Å². The Hall–Kier alpha value is -1.54. The van der Waals surface area contributed by atoms with Crippen LogP contribution < -0.4 is 16.4 Å². The molecule has 0 bridgehead atoms. The minimum Gasteiger partial charge on any atom is -0.346 e. The minimum absolute atomic E-state index is 0.0262. The maximum atomic E-state index is 11.6. The van der Waals surface area contributed by atoms with E-state index in [4.69, 9.17) is 5.73 Å². The molecule has 0 saturated heterocycles. The van der Waals surface area contributed by atoms with Gasteiger partial charge in [0.2, 0.25) is 16.9 Å². The first-order valence-corrected chi connectivity index (χ1v) is 6.91. The number of rotatable bonds is 6. The second kappa shape index (κ2) is 7.15. The van der Waals surface area contributed by atoms with Gasteiger partial charge < -0.3 is 11.1 Å². The molecule has 7 nitrogen and oxygen atoms in total. The molecule has 1 aromatic heterocycles. The summed E-state index contributed by atoms with van der Waals surface area (Å²) in [5.74, 6) is -0.655. The van der Waals surface area contributed by atoms with Crippen LogP contribution in [-0.2, 0) is 16.0 Å². The smallest absolute Gasteiger partial charge is 0.245 e. The molecule has 8 heteroatoms. The summed E-state index contributed by atoms with van der Waals surface area (Å²) in [7, 11) is 0. The summed E-state index contributed by atoms with van der Waals surface area (Å²) in [4.78, 5) is 23.1. The van der Waals surface area contributed by atoms with Crippen LogP contribution in [0.2, 0.25) is 0 Å². The van der Waals surface area contributed by atoms with Gasteiger partial charge in [-0.3, -0.25) is 14.9 Å². The van der Waals surface area contributed by atoms with Crippen LogP contribution in [0.1, 0.15) is 25.8 Å². The van der Waals surface area contributed by atoms with Crippen LogP contribution in [0.5, 0.6) is 0 Å². The van der Waals surface area contributed by atoms with Crippen molar-refractivity contribution in [2.45, 2.75) is 33.2 Å². The third kappa shape index (κ3) is 4.92. The molecule has 0 aromatic carbocycles. The quantitative estimate of drug-likeness (QED) is 0.688. The fourth-order valence-corrected chi connectivity index (χ4v) is 1.89. The first kappa shape index (κ1) is 15.5. The Morgan fingerprint density at radius 2 is 2.05 bits per heavy atom. The highest BCUT2D eigenvalue weighted by Crippen LogP contribution is 2.14. The Kier molecular flexibility index (Phi) is 5.84. The number of hydrogen-bond acceptors (Lipinski definition) is 6. The molecule has 0 aliphatic carbocycles. The summed E-state index contributed by atoms with van der Waals surface area (Å²) in [6.07, 6.45) is 0.771. The molecule has 0 aliphatic rings. The molecule has 0 spiro atoms. The number of carbonyl (C=O) groups is 2. The number of carbonyl (C=O) groups excluding carboxylic acids is 2. The molecule has 1 aromatic rings. The number of nitrogens with two attached hydrogens (primary N) is 1. The van der Waals surface area contributed by atoms with Crippen molar-refractivity contribution in [2.24, 2.45) is 11.7 Å². The fourth-order valence-electron chi connectivity index (χ4n) is 1.20. The Labute approximate surface area is 116 Å². The van der Waals surface area contributed by atoms with Crippen LogP contribution in [0.15, 0.2) is 0 Å². The van der Waals surface area contributed by atoms with E-state index in [1.807, 2.05) is 20.8 Å². The van der Waals surface area contributed by atoms with Gasteiger partial charge in [0.25, 0.3) is 0 Å². The van der Waals surface area contributed by atoms with E-state index in [0.29, 0.717) is 5.13 Å². The van der Waals surface area contributed by atoms with E-state index in [1.165, 1.54) is 11.3 Å². The second-order valence-corrected chi connectivity index (χ2v) is 5.45. The Morgan fingerprint density at radius 1 is 1.37 bits per heavy atom. The van der Waals surface area contributed by atoms with E-state index in [9.17, 15) is 9.59 Å². The highest BCUT2D eigenvalue weighted by Gasteiger charge is 2.17. The lowest BCUT2D eigenvalue weighted by atomic mass is 10.1. The molecule has 19 heavy (non-hydrogen) atoms. The molecule has 0 radical (unpaired) electrons. The Balaban J connectivity index is 2.37. The van der Waals surface area contributed by atoms with Gasteiger partial charge in [-0.1, -0.05) is 32.1 Å². The van der Waals surface area contributed by atoms with Gasteiger partial charge in [0.1, 0.15) is 5.01 Å². The largest absolute Gasteiger partial charge is 0.346 e. The maximum absolute atomic E-state index is 11.6. The maximum Gasteiger partial charge on any atom is 0.245 e. The van der Waals surface area contributed by atoms with E-state index >= 15 is 0 Å². The SMILES string of the molecule is CCc1nnc(NC(=O)CNC(=O)[C@@H](N)C(C)C)s1. The summed E-state index contributed by atoms with van der Waals surface area (Å²) >= 11 is 1.32. The van der Waals surface area contributed by atoms with Crippen molar-refractivity contribution in [2.75, 3.05) is 11.9 Å². The van der Waals surface area contributed by atoms with Gasteiger partial charge in [-0.15, -0.1) is 10.2 Å². The van der Waals surface area contributed by atoms with Crippen molar-refractivity contribution < 1.29 is 9.59 Å². The lowest BCUT2D eigenvalue weighted by Crippen LogP contribution is -2.46. The van der Waals surface area contributed by atoms with Crippen LogP contribution in [0, 0.1) is 5.92 Å². The van der Waals surface area contributed by atoms with Crippen molar-refractivity contribution in [3.05, 3.63) is 5.01 Å². The molecule has 0 unspecified atom stereocenters. The summed E-state index contributed by atoms with van der Waals surface area (Å²) in [6.45, 7) is 5.52. The molecule has 106 valence electrons. The molecule has 0 saturated carbocycles. The molecule has 1 rings (SSSR count). The molecule has 1 atom stereocenters. The molecule has 4 N–H and O–H groups in total. The molecule has 0 aliphatic heterocycles. The number of anilines is 1. The third-order valence-electron chi connectivity index (χ3n) is 2.46. The van der Waals surface area contributed by atoms with Gasteiger partial charge in [-0.25, -0.2) is 0 Å². The first-order valence-electron chi connectivity index (χ1n) is 6.09. The standard InChI is InChI=1S/C11H19N5O2S/c1-4-8-15-16-11(19-8)14-7(17)5-13-10(18)9(12)6(2)3/h6,9H,4-5,12H2,1-3H3,(H,13,18)(H,14,16,17)/t9-/m0/s1. The summed E-state index contributed by atoms with van der Waals surface area (Å²) in [6, 6.07) is -0.610. The number of aryl methyl sites for hydroxylation is 1. The van der Waals surface area contributed by atoms with Crippen molar-refractivity contribution in [3.63, 3.8) is 0 Å². The monoisotopic (exact) mass is 285 g/mol. The number of nitrogens with one attached hydrogen (secondary N) is 2. The predicted octanol–water partition coefficient (Wildman–Crippen LogP) is 0.138. The second-order valence-electron chi connectivity index (χ2n) is 4.39. The van der Waals surface area contributed by atoms with Crippen molar-refractivity contribution in [3.8, 4) is 0 Å². The highest BCUT2D eigenvalue weighted by atomic mass is 32.1. The minimum atomic E-state index is -0.610. The Morgan fingerprint density at radius 3 is 2.58 bits per heavy atom. The normalized spacial score (nSPS) is 12.3. The van der Waals surface area contributed by atoms with Crippen molar-refractivity contribution in [1.82, 2.24) is 15.5 Å². The van der Waals surface area contributed by atoms with Crippen LogP contribution in [0.25, 0.3) is 0 Å². The molecular formula is C11H19N5O2S. The fraction of sp³-hybridized carbons (Fsp3) is 0.636. The summed E-state index contributed by atoms with van der Waals surface area (Å²) in [5.41, 5.74) is 5.66. The zero-order valence-electron chi connectivity index (χ0n) is 11.3. The number of nitrogens with zero attached hydrogens (tertiary/aromatic N) is 2. The van der Waals surface area contributed by atoms with E-state index < -0.39 is 6.04 Å². The summed E-state index contributed by atoms with van der Waals surface area (Å²) < 4.78 is 0. The lowest BCUT2D eigenvalue weighted by Gasteiger charge is -2.14. The van der Waals surface area contributed by atoms with Gasteiger partial charge in [0.15, 0.2) is 0 Å². The highest BCUT2D eigenvalue weighted by molar-refractivity contribution is 7.15. The molecule has 0 fully saturated rings. The van der Waals surface area contributed by atoms with Gasteiger partial charge >= 0.3 is 0 Å². The molecular weight excluding hydrogens is 266 g/mol. The van der Waals surface area contributed by atoms with Crippen LogP contribution in [-0.4, -0.2) is 34.6 Å². The summed E-state index contributed by atoms with van der Waals surface area (Å²) in [5, 5.41) is 14.0. The van der Waals surface area contributed by atoms with E-state index in [0.717, 1.165) is 11.4 Å². The van der Waals surface area contributed by atoms with Crippen molar-refractivity contribution in [1.29, 1.82) is 0 Å². The van der Waals surface area contributed by atoms with E-state index in [1.54, 1.807) is 0 Å². The van der Waals surface area contributed by atoms with E-state index in [-0.39, 0.29) is 24.3 Å². The van der Waals surface area contributed by atoms with Crippen LogP contribution in [0.4, 0.5) is 5.13 Å². The zero-order valence-corrected chi connectivity index (χ0v) is 12.1. The van der Waals surface area contributed by atoms with Crippen molar-refractivity contribution >= 4 is 28.3 Å². The number of aromatic nitrogens is 2. The predicted molar refractivity (Wildman–Crippen MR) is 73.7 cm³/mol. The first-order chi connectivity index (χ1) is 8.93. The molecule has 1 heterocycles. The van der Waals surface area contributed by atoms with E-state index in [2.05, 4.69) is 20.8 Å². The number of hydrogen-bond donors (Lipinski definition) is 3. The van der Waals surface area contributed by atoms with Gasteiger partial charge in [0, 0.05) is 0 Å². The van der Waals surface area contributed by atoms with Gasteiger partial charge in [0.05, 0.1) is 12.6 Å². The van der Waals surface area contributed by atoms with Gasteiger partial charge in [-0.05, 0) is 12.3 Å². The number of amides is 2. The average Bonchev–Trinajstić information content (AvgIpc) is 2.82. The topological polar surface area (TPSA) is 110 Å². The Bertz CT molecular complexity index is 446. The van der Waals surface area contributed by atoms with Crippen LogP contribution >= 0.6 is 11.3 Å². The zero-order chi connectivity index (χ0) is 14.4. The average molecular weight is 285 g/mol.